The van der Waals surface area contributed by atoms with Gasteiger partial charge in [-0.25, -0.2) is 13.1 Å². The third-order valence-corrected chi connectivity index (χ3v) is 4.25. The molecule has 2 rings (SSSR count). The molecule has 1 aromatic carbocycles. The number of carboxylic acid groups (broad SMARTS) is 1. The van der Waals surface area contributed by atoms with Gasteiger partial charge in [0.05, 0.1) is 30.1 Å². The molecular weight excluding hydrogens is 286 g/mol. The number of ether oxygens (including phenoxy) is 2. The number of carboxylic acids is 1. The molecule has 0 saturated heterocycles. The van der Waals surface area contributed by atoms with Gasteiger partial charge < -0.3 is 19.4 Å². The van der Waals surface area contributed by atoms with E-state index < -0.39 is 22.0 Å². The van der Waals surface area contributed by atoms with E-state index in [-0.39, 0.29) is 4.90 Å². The Kier molecular flexibility index (Phi) is 4.15. The molecule has 1 aromatic rings. The van der Waals surface area contributed by atoms with Gasteiger partial charge in [0.15, 0.2) is 11.5 Å². The second kappa shape index (κ2) is 5.68. The van der Waals surface area contributed by atoms with Crippen molar-refractivity contribution in [3.05, 3.63) is 18.2 Å². The van der Waals surface area contributed by atoms with Crippen molar-refractivity contribution in [1.29, 1.82) is 0 Å². The number of benzene rings is 1. The molecule has 0 saturated carbocycles. The molecule has 1 heterocycles. The maximum atomic E-state index is 12.0. The molecule has 1 N–H and O–H groups in total. The van der Waals surface area contributed by atoms with Crippen LogP contribution in [0.25, 0.3) is 0 Å². The number of hydrogen-bond donors (Lipinski definition) is 1. The highest BCUT2D eigenvalue weighted by Gasteiger charge is 2.21. The van der Waals surface area contributed by atoms with Gasteiger partial charge in [-0.15, -0.1) is 0 Å². The molecule has 0 aromatic heterocycles. The number of rotatable bonds is 4. The van der Waals surface area contributed by atoms with E-state index in [2.05, 4.69) is 0 Å². The highest BCUT2D eigenvalue weighted by molar-refractivity contribution is 7.89. The second-order valence-corrected chi connectivity index (χ2v) is 6.04. The Bertz CT molecular complexity index is 612. The van der Waals surface area contributed by atoms with Crippen LogP contribution in [0.5, 0.6) is 11.5 Å². The first-order valence-corrected chi connectivity index (χ1v) is 7.51. The van der Waals surface area contributed by atoms with Crippen molar-refractivity contribution in [3.63, 3.8) is 0 Å². The summed E-state index contributed by atoms with van der Waals surface area (Å²) in [6.45, 7) is 2.12. The van der Waals surface area contributed by atoms with Crippen LogP contribution < -0.4 is 19.3 Å². The van der Waals surface area contributed by atoms with Crippen molar-refractivity contribution >= 4 is 16.0 Å². The molecule has 0 bridgehead atoms. The quantitative estimate of drug-likeness (QED) is 0.785. The third kappa shape index (κ3) is 3.20. The standard InChI is InChI=1S/C12H15NO6S/c1-8(12(14)15)13-20(16,17)9-3-4-10-11(7-9)19-6-2-5-18-10/h3-4,7-8,13H,2,5-6H2,1H3,(H,14,15)/p-1/t8-/m0/s1. The van der Waals surface area contributed by atoms with Crippen LogP contribution in [0.4, 0.5) is 0 Å². The van der Waals surface area contributed by atoms with Crippen LogP contribution in [-0.4, -0.2) is 33.6 Å². The van der Waals surface area contributed by atoms with E-state index in [4.69, 9.17) is 9.47 Å². The molecule has 110 valence electrons. The first-order chi connectivity index (χ1) is 9.40. The van der Waals surface area contributed by atoms with E-state index in [1.807, 2.05) is 4.72 Å². The lowest BCUT2D eigenvalue weighted by molar-refractivity contribution is -0.307. The monoisotopic (exact) mass is 300 g/mol. The maximum absolute atomic E-state index is 12.0. The Morgan fingerprint density at radius 2 is 1.95 bits per heavy atom. The zero-order valence-electron chi connectivity index (χ0n) is 10.8. The first-order valence-electron chi connectivity index (χ1n) is 6.03. The molecule has 0 unspecified atom stereocenters. The van der Waals surface area contributed by atoms with Gasteiger partial charge in [0, 0.05) is 12.5 Å². The summed E-state index contributed by atoms with van der Waals surface area (Å²) in [5, 5.41) is 10.6. The van der Waals surface area contributed by atoms with Crippen molar-refractivity contribution in [2.75, 3.05) is 13.2 Å². The Labute approximate surface area is 116 Å². The van der Waals surface area contributed by atoms with E-state index in [9.17, 15) is 18.3 Å². The molecule has 1 aliphatic heterocycles. The van der Waals surface area contributed by atoms with Crippen molar-refractivity contribution in [2.24, 2.45) is 0 Å². The van der Waals surface area contributed by atoms with Gasteiger partial charge in [0.2, 0.25) is 10.0 Å². The summed E-state index contributed by atoms with van der Waals surface area (Å²) < 4.78 is 36.8. The van der Waals surface area contributed by atoms with Crippen molar-refractivity contribution in [1.82, 2.24) is 4.72 Å². The normalized spacial score (nSPS) is 16.2. The Hall–Kier alpha value is -1.80. The Balaban J connectivity index is 2.28. The fraction of sp³-hybridized carbons (Fsp3) is 0.417. The van der Waals surface area contributed by atoms with Crippen LogP contribution in [0.1, 0.15) is 13.3 Å². The molecule has 1 atom stereocenters. The molecule has 0 aliphatic carbocycles. The predicted molar refractivity (Wildman–Crippen MR) is 66.8 cm³/mol. The van der Waals surface area contributed by atoms with E-state index >= 15 is 0 Å². The lowest BCUT2D eigenvalue weighted by Gasteiger charge is -2.15. The third-order valence-electron chi connectivity index (χ3n) is 2.71. The number of aliphatic carboxylic acids is 1. The SMILES string of the molecule is C[C@H](NS(=O)(=O)c1ccc2c(c1)OCCCO2)C(=O)[O-]. The highest BCUT2D eigenvalue weighted by atomic mass is 32.2. The predicted octanol–water partition coefficient (Wildman–Crippen LogP) is -0.735. The summed E-state index contributed by atoms with van der Waals surface area (Å²) >= 11 is 0. The van der Waals surface area contributed by atoms with Gasteiger partial charge in [-0.2, -0.15) is 0 Å². The molecule has 0 radical (unpaired) electrons. The summed E-state index contributed by atoms with van der Waals surface area (Å²) in [5.41, 5.74) is 0. The second-order valence-electron chi connectivity index (χ2n) is 4.32. The number of carbonyl (C=O) groups excluding carboxylic acids is 1. The minimum atomic E-state index is -3.96. The van der Waals surface area contributed by atoms with Gasteiger partial charge in [-0.3, -0.25) is 0 Å². The van der Waals surface area contributed by atoms with E-state index in [1.165, 1.54) is 25.1 Å². The van der Waals surface area contributed by atoms with Crippen LogP contribution >= 0.6 is 0 Å². The zero-order valence-corrected chi connectivity index (χ0v) is 11.6. The largest absolute Gasteiger partial charge is 0.548 e. The van der Waals surface area contributed by atoms with Crippen LogP contribution in [-0.2, 0) is 14.8 Å². The molecule has 7 nitrogen and oxygen atoms in total. The molecule has 0 amide bonds. The van der Waals surface area contributed by atoms with Crippen molar-refractivity contribution < 1.29 is 27.8 Å². The van der Waals surface area contributed by atoms with Gasteiger partial charge >= 0.3 is 0 Å². The Morgan fingerprint density at radius 1 is 1.30 bits per heavy atom. The van der Waals surface area contributed by atoms with Gasteiger partial charge in [-0.1, -0.05) is 0 Å². The first kappa shape index (κ1) is 14.6. The molecule has 20 heavy (non-hydrogen) atoms. The fourth-order valence-electron chi connectivity index (χ4n) is 1.66. The molecule has 8 heteroatoms. The lowest BCUT2D eigenvalue weighted by Crippen LogP contribution is -2.45. The minimum absolute atomic E-state index is 0.0881. The van der Waals surface area contributed by atoms with Crippen LogP contribution in [0, 0.1) is 0 Å². The zero-order chi connectivity index (χ0) is 14.8. The fourth-order valence-corrected chi connectivity index (χ4v) is 2.87. The number of nitrogens with one attached hydrogen (secondary N) is 1. The van der Waals surface area contributed by atoms with Crippen LogP contribution in [0.2, 0.25) is 0 Å². The summed E-state index contributed by atoms with van der Waals surface area (Å²) in [4.78, 5) is 10.5. The maximum Gasteiger partial charge on any atom is 0.241 e. The van der Waals surface area contributed by atoms with Gasteiger partial charge in [0.25, 0.3) is 0 Å². The highest BCUT2D eigenvalue weighted by Crippen LogP contribution is 2.31. The van der Waals surface area contributed by atoms with Gasteiger partial charge in [-0.05, 0) is 19.1 Å². The van der Waals surface area contributed by atoms with Crippen molar-refractivity contribution in [3.8, 4) is 11.5 Å². The smallest absolute Gasteiger partial charge is 0.241 e. The summed E-state index contributed by atoms with van der Waals surface area (Å²) in [6, 6.07) is 2.80. The Morgan fingerprint density at radius 3 is 2.60 bits per heavy atom. The average molecular weight is 300 g/mol. The summed E-state index contributed by atoms with van der Waals surface area (Å²) in [7, 11) is -3.96. The number of carbonyl (C=O) groups is 1. The number of fused-ring (bicyclic) bond motifs is 1. The van der Waals surface area contributed by atoms with Crippen molar-refractivity contribution in [2.45, 2.75) is 24.3 Å². The number of sulfonamides is 1. The van der Waals surface area contributed by atoms with Crippen LogP contribution in [0.3, 0.4) is 0 Å². The van der Waals surface area contributed by atoms with Gasteiger partial charge in [0.1, 0.15) is 0 Å². The summed E-state index contributed by atoms with van der Waals surface area (Å²) in [5.74, 6) is -0.705. The van der Waals surface area contributed by atoms with Crippen LogP contribution in [0.15, 0.2) is 23.1 Å². The molecule has 0 spiro atoms. The topological polar surface area (TPSA) is 105 Å². The van der Waals surface area contributed by atoms with E-state index in [0.29, 0.717) is 31.1 Å². The average Bonchev–Trinajstić information content (AvgIpc) is 2.62. The van der Waals surface area contributed by atoms with E-state index in [0.717, 1.165) is 0 Å². The molecule has 0 fully saturated rings. The summed E-state index contributed by atoms with van der Waals surface area (Å²) in [6.07, 6.45) is 0.705. The minimum Gasteiger partial charge on any atom is -0.548 e. The molecular formula is C12H14NO6S-. The van der Waals surface area contributed by atoms with E-state index in [1.54, 1.807) is 0 Å². The lowest BCUT2D eigenvalue weighted by atomic mass is 10.3. The number of hydrogen-bond acceptors (Lipinski definition) is 6. The molecule has 1 aliphatic rings.